The Balaban J connectivity index is 4.31. The fourth-order valence-electron chi connectivity index (χ4n) is 8.14. The lowest BCUT2D eigenvalue weighted by molar-refractivity contribution is -0.167. The minimum atomic E-state index is -0.764. The molecule has 0 unspecified atom stereocenters. The van der Waals surface area contributed by atoms with Crippen molar-refractivity contribution in [3.63, 3.8) is 0 Å². The first kappa shape index (κ1) is 59.1. The number of esters is 3. The highest BCUT2D eigenvalue weighted by atomic mass is 16.6. The Morgan fingerprint density at radius 3 is 0.820 bits per heavy atom. The summed E-state index contributed by atoms with van der Waals surface area (Å²) >= 11 is 0. The van der Waals surface area contributed by atoms with Gasteiger partial charge in [0.15, 0.2) is 6.10 Å². The van der Waals surface area contributed by atoms with Crippen molar-refractivity contribution < 1.29 is 28.6 Å². The maximum absolute atomic E-state index is 12.8. The smallest absolute Gasteiger partial charge is 0.306 e. The molecule has 0 aliphatic carbocycles. The van der Waals surface area contributed by atoms with Gasteiger partial charge in [-0.2, -0.15) is 0 Å². The van der Waals surface area contributed by atoms with E-state index in [0.717, 1.165) is 57.8 Å². The fourth-order valence-corrected chi connectivity index (χ4v) is 8.14. The predicted octanol–water partition coefficient (Wildman–Crippen LogP) is 17.8. The second-order valence-corrected chi connectivity index (χ2v) is 18.5. The van der Waals surface area contributed by atoms with E-state index in [4.69, 9.17) is 14.2 Å². The second-order valence-electron chi connectivity index (χ2n) is 18.5. The number of hydrogen-bond acceptors (Lipinski definition) is 6. The maximum Gasteiger partial charge on any atom is 0.306 e. The molecule has 0 N–H and O–H groups in total. The molecular formula is C55H104O6. The van der Waals surface area contributed by atoms with Gasteiger partial charge in [-0.05, 0) is 44.9 Å². The number of allylic oxidation sites excluding steroid dienone is 2. The van der Waals surface area contributed by atoms with Crippen LogP contribution < -0.4 is 0 Å². The number of rotatable bonds is 50. The van der Waals surface area contributed by atoms with Gasteiger partial charge in [0.1, 0.15) is 13.2 Å². The zero-order valence-electron chi connectivity index (χ0n) is 41.2. The number of ether oxygens (including phenoxy) is 3. The van der Waals surface area contributed by atoms with Crippen LogP contribution >= 0.6 is 0 Å². The number of carbonyl (C=O) groups is 3. The molecule has 0 fully saturated rings. The Hall–Kier alpha value is -1.85. The molecule has 6 nitrogen and oxygen atoms in total. The molecule has 0 radical (unpaired) electrons. The van der Waals surface area contributed by atoms with Gasteiger partial charge in [0.2, 0.25) is 0 Å². The first-order valence-electron chi connectivity index (χ1n) is 27.2. The molecule has 6 heteroatoms. The third kappa shape index (κ3) is 49.0. The van der Waals surface area contributed by atoms with Crippen molar-refractivity contribution in [3.05, 3.63) is 12.2 Å². The Kier molecular flexibility index (Phi) is 49.3. The zero-order valence-corrected chi connectivity index (χ0v) is 41.2. The molecule has 61 heavy (non-hydrogen) atoms. The van der Waals surface area contributed by atoms with Crippen molar-refractivity contribution in [3.8, 4) is 0 Å². The van der Waals surface area contributed by atoms with Crippen molar-refractivity contribution in [2.75, 3.05) is 13.2 Å². The van der Waals surface area contributed by atoms with Crippen LogP contribution in [-0.4, -0.2) is 37.2 Å². The van der Waals surface area contributed by atoms with Crippen LogP contribution in [0.5, 0.6) is 0 Å². The maximum atomic E-state index is 12.8. The molecule has 0 aromatic heterocycles. The second kappa shape index (κ2) is 50.8. The van der Waals surface area contributed by atoms with E-state index in [1.807, 2.05) is 0 Å². The van der Waals surface area contributed by atoms with Gasteiger partial charge in [0, 0.05) is 19.3 Å². The molecule has 0 amide bonds. The molecule has 1 atom stereocenters. The van der Waals surface area contributed by atoms with Gasteiger partial charge in [-0.15, -0.1) is 0 Å². The molecular weight excluding hydrogens is 757 g/mol. The van der Waals surface area contributed by atoms with E-state index in [9.17, 15) is 14.4 Å². The summed E-state index contributed by atoms with van der Waals surface area (Å²) in [5.74, 6) is -0.851. The average Bonchev–Trinajstić information content (AvgIpc) is 3.26. The highest BCUT2D eigenvalue weighted by Gasteiger charge is 2.19. The SMILES string of the molecule is CCCCCCCC/C=C\CCCCCCCCCC(=O)OC[C@@H](COC(=O)CCCCCCCCCCCCCCC)OC(=O)CCCCCCCCCCCCCCC. The third-order valence-electron chi connectivity index (χ3n) is 12.3. The van der Waals surface area contributed by atoms with E-state index >= 15 is 0 Å². The zero-order chi connectivity index (χ0) is 44.4. The van der Waals surface area contributed by atoms with E-state index in [1.54, 1.807) is 0 Å². The van der Waals surface area contributed by atoms with Crippen LogP contribution in [-0.2, 0) is 28.6 Å². The van der Waals surface area contributed by atoms with E-state index in [0.29, 0.717) is 19.3 Å². The lowest BCUT2D eigenvalue weighted by Gasteiger charge is -2.18. The van der Waals surface area contributed by atoms with E-state index in [1.165, 1.54) is 205 Å². The largest absolute Gasteiger partial charge is 0.462 e. The summed E-state index contributed by atoms with van der Waals surface area (Å²) in [4.78, 5) is 38.0. The van der Waals surface area contributed by atoms with Gasteiger partial charge in [0.25, 0.3) is 0 Å². The Morgan fingerprint density at radius 2 is 0.541 bits per heavy atom. The lowest BCUT2D eigenvalue weighted by Crippen LogP contribution is -2.30. The Morgan fingerprint density at radius 1 is 0.311 bits per heavy atom. The van der Waals surface area contributed by atoms with Gasteiger partial charge in [-0.3, -0.25) is 14.4 Å². The van der Waals surface area contributed by atoms with Crippen molar-refractivity contribution >= 4 is 17.9 Å². The first-order chi connectivity index (χ1) is 30.0. The van der Waals surface area contributed by atoms with Gasteiger partial charge in [0.05, 0.1) is 0 Å². The number of unbranched alkanes of at least 4 members (excludes halogenated alkanes) is 37. The van der Waals surface area contributed by atoms with Crippen molar-refractivity contribution in [2.24, 2.45) is 0 Å². The van der Waals surface area contributed by atoms with Gasteiger partial charge < -0.3 is 14.2 Å². The average molecular weight is 861 g/mol. The van der Waals surface area contributed by atoms with Crippen LogP contribution in [0.25, 0.3) is 0 Å². The van der Waals surface area contributed by atoms with Crippen LogP contribution in [0.3, 0.4) is 0 Å². The van der Waals surface area contributed by atoms with Gasteiger partial charge >= 0.3 is 17.9 Å². The Labute approximate surface area is 380 Å². The molecule has 0 bridgehead atoms. The van der Waals surface area contributed by atoms with Crippen molar-refractivity contribution in [1.29, 1.82) is 0 Å². The quantitative estimate of drug-likeness (QED) is 0.0262. The molecule has 0 aliphatic heterocycles. The van der Waals surface area contributed by atoms with Crippen molar-refractivity contribution in [2.45, 2.75) is 309 Å². The molecule has 0 rings (SSSR count). The molecule has 0 spiro atoms. The summed E-state index contributed by atoms with van der Waals surface area (Å²) in [5, 5.41) is 0. The van der Waals surface area contributed by atoms with Crippen LogP contribution in [0.4, 0.5) is 0 Å². The third-order valence-corrected chi connectivity index (χ3v) is 12.3. The minimum absolute atomic E-state index is 0.0657. The molecule has 0 saturated carbocycles. The van der Waals surface area contributed by atoms with E-state index in [2.05, 4.69) is 32.9 Å². The molecule has 0 aromatic carbocycles. The Bertz CT molecular complexity index is 947. The highest BCUT2D eigenvalue weighted by Crippen LogP contribution is 2.16. The summed E-state index contributed by atoms with van der Waals surface area (Å²) in [6.45, 7) is 6.67. The van der Waals surface area contributed by atoms with Gasteiger partial charge in [-0.25, -0.2) is 0 Å². The summed E-state index contributed by atoms with van der Waals surface area (Å²) in [6.07, 6.45) is 56.2. The normalized spacial score (nSPS) is 12.0. The summed E-state index contributed by atoms with van der Waals surface area (Å²) in [7, 11) is 0. The molecule has 0 aliphatic rings. The number of hydrogen-bond donors (Lipinski definition) is 0. The molecule has 0 heterocycles. The first-order valence-corrected chi connectivity index (χ1v) is 27.2. The predicted molar refractivity (Wildman–Crippen MR) is 261 cm³/mol. The summed E-state index contributed by atoms with van der Waals surface area (Å²) in [5.41, 5.74) is 0. The van der Waals surface area contributed by atoms with Crippen LogP contribution in [0, 0.1) is 0 Å². The van der Waals surface area contributed by atoms with E-state index in [-0.39, 0.29) is 31.1 Å². The molecule has 0 aromatic rings. The summed E-state index contributed by atoms with van der Waals surface area (Å²) in [6, 6.07) is 0. The standard InChI is InChI=1S/C55H104O6/c1-4-7-10-13-16-19-22-25-26-27-28-31-33-36-39-42-45-48-54(57)60-51-52(61-55(58)49-46-43-40-37-34-30-24-21-18-15-12-9-6-3)50-59-53(56)47-44-41-38-35-32-29-23-20-17-14-11-8-5-2/h25-26,52H,4-24,27-51H2,1-3H3/b26-25-/t52-/m1/s1. The van der Waals surface area contributed by atoms with Crippen LogP contribution in [0.1, 0.15) is 303 Å². The summed E-state index contributed by atoms with van der Waals surface area (Å²) < 4.78 is 16.8. The van der Waals surface area contributed by atoms with E-state index < -0.39 is 6.10 Å². The molecule has 0 saturated heterocycles. The van der Waals surface area contributed by atoms with Gasteiger partial charge in [-0.1, -0.05) is 251 Å². The molecule has 360 valence electrons. The number of carbonyl (C=O) groups excluding carboxylic acids is 3. The van der Waals surface area contributed by atoms with Crippen molar-refractivity contribution in [1.82, 2.24) is 0 Å². The topological polar surface area (TPSA) is 78.9 Å². The van der Waals surface area contributed by atoms with Crippen LogP contribution in [0.2, 0.25) is 0 Å². The fraction of sp³-hybridized carbons (Fsp3) is 0.909. The lowest BCUT2D eigenvalue weighted by atomic mass is 10.0. The minimum Gasteiger partial charge on any atom is -0.462 e. The highest BCUT2D eigenvalue weighted by molar-refractivity contribution is 5.71. The monoisotopic (exact) mass is 861 g/mol. The van der Waals surface area contributed by atoms with Crippen LogP contribution in [0.15, 0.2) is 12.2 Å².